The van der Waals surface area contributed by atoms with Crippen LogP contribution in [-0.2, 0) is 20.9 Å². The van der Waals surface area contributed by atoms with Gasteiger partial charge in [0.15, 0.2) is 0 Å². The number of hydrogen-bond donors (Lipinski definition) is 1. The highest BCUT2D eigenvalue weighted by molar-refractivity contribution is 6.76. The summed E-state index contributed by atoms with van der Waals surface area (Å²) in [5.41, 5.74) is 1.33. The first-order valence-electron chi connectivity index (χ1n) is 11.8. The van der Waals surface area contributed by atoms with Gasteiger partial charge in [0.1, 0.15) is 18.5 Å². The van der Waals surface area contributed by atoms with E-state index in [1.807, 2.05) is 6.07 Å². The van der Waals surface area contributed by atoms with Crippen molar-refractivity contribution in [1.82, 2.24) is 9.80 Å². The van der Waals surface area contributed by atoms with Gasteiger partial charge in [0.2, 0.25) is 5.91 Å². The monoisotopic (exact) mass is 476 g/mol. The van der Waals surface area contributed by atoms with Gasteiger partial charge in [0.05, 0.1) is 13.2 Å². The van der Waals surface area contributed by atoms with Gasteiger partial charge in [-0.25, -0.2) is 0 Å². The third-order valence-corrected chi connectivity index (χ3v) is 7.79. The number of carbonyl (C=O) groups excluding carboxylic acids is 3. The number of likely N-dealkylation sites (tertiary alicyclic amines) is 1. The fourth-order valence-electron chi connectivity index (χ4n) is 4.07. The fraction of sp³-hybridized carbons (Fsp3) is 0.625. The fourth-order valence-corrected chi connectivity index (χ4v) is 4.82. The molecule has 2 aliphatic heterocycles. The Morgan fingerprint density at radius 2 is 1.88 bits per heavy atom. The lowest BCUT2D eigenvalue weighted by Crippen LogP contribution is -2.55. The van der Waals surface area contributed by atoms with Crippen LogP contribution in [0.3, 0.4) is 0 Å². The molecule has 9 heteroatoms. The van der Waals surface area contributed by atoms with Crippen LogP contribution in [0.4, 0.5) is 0 Å². The molecule has 0 saturated carbocycles. The Labute approximate surface area is 196 Å². The van der Waals surface area contributed by atoms with Gasteiger partial charge in [-0.2, -0.15) is 0 Å². The summed E-state index contributed by atoms with van der Waals surface area (Å²) >= 11 is 0. The number of rotatable bonds is 12. The third-order valence-electron chi connectivity index (χ3n) is 6.09. The van der Waals surface area contributed by atoms with Crippen molar-refractivity contribution >= 4 is 25.8 Å². The highest BCUT2D eigenvalue weighted by atomic mass is 28.3. The summed E-state index contributed by atoms with van der Waals surface area (Å²) in [6.45, 7) is 8.15. The Morgan fingerprint density at radius 3 is 2.61 bits per heavy atom. The number of aliphatic hydroxyl groups is 1. The molecule has 1 saturated heterocycles. The molecule has 0 aromatic heterocycles. The van der Waals surface area contributed by atoms with E-state index in [0.29, 0.717) is 30.9 Å². The molecule has 1 aromatic carbocycles. The first-order valence-corrected chi connectivity index (χ1v) is 15.5. The Balaban J connectivity index is 1.63. The average Bonchev–Trinajstić information content (AvgIpc) is 3.09. The zero-order chi connectivity index (χ0) is 24.0. The Hall–Kier alpha value is -2.23. The van der Waals surface area contributed by atoms with Crippen molar-refractivity contribution in [2.45, 2.75) is 70.4 Å². The lowest BCUT2D eigenvalue weighted by atomic mass is 10.0. The number of benzene rings is 1. The van der Waals surface area contributed by atoms with Gasteiger partial charge in [-0.05, 0) is 43.9 Å². The van der Waals surface area contributed by atoms with Crippen LogP contribution in [0.5, 0.6) is 5.75 Å². The van der Waals surface area contributed by atoms with Gasteiger partial charge in [0.25, 0.3) is 11.8 Å². The van der Waals surface area contributed by atoms with E-state index in [2.05, 4.69) is 19.6 Å². The van der Waals surface area contributed by atoms with Gasteiger partial charge in [-0.3, -0.25) is 19.3 Å². The molecule has 1 aromatic rings. The quantitative estimate of drug-likeness (QED) is 0.283. The van der Waals surface area contributed by atoms with Crippen LogP contribution in [-0.4, -0.2) is 73.3 Å². The molecule has 33 heavy (non-hydrogen) atoms. The molecule has 1 fully saturated rings. The van der Waals surface area contributed by atoms with Crippen LogP contribution in [0, 0.1) is 0 Å². The van der Waals surface area contributed by atoms with Gasteiger partial charge in [0, 0.05) is 38.8 Å². The highest BCUT2D eigenvalue weighted by Crippen LogP contribution is 2.34. The summed E-state index contributed by atoms with van der Waals surface area (Å²) in [5, 5.41) is 8.90. The van der Waals surface area contributed by atoms with E-state index in [0.717, 1.165) is 35.8 Å². The number of ether oxygens (including phenoxy) is 2. The maximum Gasteiger partial charge on any atom is 0.255 e. The number of amides is 3. The van der Waals surface area contributed by atoms with Crippen LogP contribution >= 0.6 is 0 Å². The molecule has 1 N–H and O–H groups in total. The van der Waals surface area contributed by atoms with Crippen molar-refractivity contribution in [3.63, 3.8) is 0 Å². The Morgan fingerprint density at radius 1 is 1.09 bits per heavy atom. The number of aliphatic hydroxyl groups excluding tert-OH is 1. The Bertz CT molecular complexity index is 869. The van der Waals surface area contributed by atoms with E-state index in [4.69, 9.17) is 14.6 Å². The molecular formula is C24H36N2O6Si. The second kappa shape index (κ2) is 11.3. The number of piperidine rings is 1. The predicted molar refractivity (Wildman–Crippen MR) is 127 cm³/mol. The molecule has 2 heterocycles. The third kappa shape index (κ3) is 6.42. The first-order chi connectivity index (χ1) is 15.7. The molecule has 0 radical (unpaired) electrons. The van der Waals surface area contributed by atoms with E-state index in [1.54, 1.807) is 17.0 Å². The van der Waals surface area contributed by atoms with E-state index >= 15 is 0 Å². The van der Waals surface area contributed by atoms with Crippen LogP contribution in [0.2, 0.25) is 25.7 Å². The molecule has 3 amide bonds. The second-order valence-electron chi connectivity index (χ2n) is 9.91. The van der Waals surface area contributed by atoms with E-state index in [-0.39, 0.29) is 44.0 Å². The predicted octanol–water partition coefficient (Wildman–Crippen LogP) is 3.01. The second-order valence-corrected chi connectivity index (χ2v) is 15.5. The van der Waals surface area contributed by atoms with Crippen LogP contribution in [0.15, 0.2) is 18.2 Å². The van der Waals surface area contributed by atoms with Crippen LogP contribution < -0.4 is 4.74 Å². The van der Waals surface area contributed by atoms with Gasteiger partial charge in [-0.1, -0.05) is 25.7 Å². The van der Waals surface area contributed by atoms with E-state index in [9.17, 15) is 14.4 Å². The molecule has 0 spiro atoms. The maximum absolute atomic E-state index is 13.2. The number of carbonyl (C=O) groups is 3. The molecule has 0 aliphatic carbocycles. The smallest absolute Gasteiger partial charge is 0.255 e. The average molecular weight is 477 g/mol. The normalized spacial score (nSPS) is 18.8. The summed E-state index contributed by atoms with van der Waals surface area (Å²) < 4.78 is 11.6. The van der Waals surface area contributed by atoms with Crippen LogP contribution in [0.1, 0.15) is 48.0 Å². The largest absolute Gasteiger partial charge is 0.493 e. The number of imide groups is 1. The Kier molecular flexibility index (Phi) is 8.67. The number of unbranched alkanes of at least 4 members (excludes halogenated alkanes) is 2. The van der Waals surface area contributed by atoms with Gasteiger partial charge in [-0.15, -0.1) is 0 Å². The van der Waals surface area contributed by atoms with Crippen LogP contribution in [0.25, 0.3) is 0 Å². The zero-order valence-electron chi connectivity index (χ0n) is 20.0. The maximum atomic E-state index is 13.2. The lowest BCUT2D eigenvalue weighted by Gasteiger charge is -2.35. The van der Waals surface area contributed by atoms with Crippen molar-refractivity contribution in [2.75, 3.05) is 26.6 Å². The van der Waals surface area contributed by atoms with Crippen molar-refractivity contribution in [3.05, 3.63) is 29.3 Å². The topological polar surface area (TPSA) is 96.4 Å². The lowest BCUT2D eigenvalue weighted by molar-refractivity contribution is -0.158. The standard InChI is InChI=1S/C24H36N2O6Si/c1-33(2,3)15-14-31-17-26-22(28)11-10-20(24(26)30)25-16-19-18(23(25)29)8-7-9-21(19)32-13-6-4-5-12-27/h7-9,20,27H,4-6,10-17H2,1-3H3. The van der Waals surface area contributed by atoms with E-state index < -0.39 is 14.1 Å². The SMILES string of the molecule is C[Si](C)(C)CCOCN1C(=O)CCC(N2Cc3c(OCCCCCO)cccc3C2=O)C1=O. The van der Waals surface area contributed by atoms with E-state index in [1.165, 1.54) is 0 Å². The first kappa shape index (κ1) is 25.4. The minimum Gasteiger partial charge on any atom is -0.493 e. The summed E-state index contributed by atoms with van der Waals surface area (Å²) in [6.07, 6.45) is 2.96. The molecular weight excluding hydrogens is 440 g/mol. The summed E-state index contributed by atoms with van der Waals surface area (Å²) in [5.74, 6) is -0.173. The van der Waals surface area contributed by atoms with Gasteiger partial charge < -0.3 is 19.5 Å². The molecule has 1 unspecified atom stereocenters. The van der Waals surface area contributed by atoms with Crippen molar-refractivity contribution in [1.29, 1.82) is 0 Å². The number of fused-ring (bicyclic) bond motifs is 1. The zero-order valence-corrected chi connectivity index (χ0v) is 21.0. The summed E-state index contributed by atoms with van der Waals surface area (Å²) in [6, 6.07) is 5.66. The van der Waals surface area contributed by atoms with Crippen molar-refractivity contribution < 1.29 is 29.0 Å². The number of nitrogens with zero attached hydrogens (tertiary/aromatic N) is 2. The summed E-state index contributed by atoms with van der Waals surface area (Å²) in [7, 11) is -1.27. The molecule has 8 nitrogen and oxygen atoms in total. The molecule has 1 atom stereocenters. The molecule has 182 valence electrons. The molecule has 2 aliphatic rings. The van der Waals surface area contributed by atoms with Crippen molar-refractivity contribution in [2.24, 2.45) is 0 Å². The minimum atomic E-state index is -1.27. The van der Waals surface area contributed by atoms with Crippen molar-refractivity contribution in [3.8, 4) is 5.75 Å². The summed E-state index contributed by atoms with van der Waals surface area (Å²) in [4.78, 5) is 41.4. The number of hydrogen-bond acceptors (Lipinski definition) is 6. The molecule has 3 rings (SSSR count). The molecule has 0 bridgehead atoms. The minimum absolute atomic E-state index is 0.0597. The van der Waals surface area contributed by atoms with Gasteiger partial charge >= 0.3 is 0 Å². The highest BCUT2D eigenvalue weighted by Gasteiger charge is 2.43.